The smallest absolute Gasteiger partial charge is 0.0741 e. The predicted octanol–water partition coefficient (Wildman–Crippen LogP) is 2.35. The lowest BCUT2D eigenvalue weighted by Crippen LogP contribution is -2.57. The molecule has 4 aliphatic heterocycles. The SMILES string of the molecule is CC(O)C1=CN2C3CC1C(CO)C2Cc1c3n(C)c2ccccc12. The van der Waals surface area contributed by atoms with Crippen molar-refractivity contribution in [2.24, 2.45) is 18.9 Å². The Morgan fingerprint density at radius 1 is 1.29 bits per heavy atom. The van der Waals surface area contributed by atoms with E-state index >= 15 is 0 Å². The lowest BCUT2D eigenvalue weighted by Gasteiger charge is -2.57. The molecule has 5 atom stereocenters. The number of rotatable bonds is 2. The van der Waals surface area contributed by atoms with Crippen molar-refractivity contribution in [1.29, 1.82) is 0 Å². The van der Waals surface area contributed by atoms with E-state index in [0.29, 0.717) is 18.0 Å². The van der Waals surface area contributed by atoms with Gasteiger partial charge < -0.3 is 19.7 Å². The van der Waals surface area contributed by atoms with Crippen LogP contribution in [0.3, 0.4) is 0 Å². The second-order valence-electron chi connectivity index (χ2n) is 7.67. The van der Waals surface area contributed by atoms with E-state index in [-0.39, 0.29) is 12.5 Å². The molecule has 1 fully saturated rings. The monoisotopic (exact) mass is 324 g/mol. The van der Waals surface area contributed by atoms with E-state index in [4.69, 9.17) is 0 Å². The second kappa shape index (κ2) is 4.87. The van der Waals surface area contributed by atoms with Crippen molar-refractivity contribution >= 4 is 10.9 Å². The molecule has 1 aromatic heterocycles. The minimum atomic E-state index is -0.431. The van der Waals surface area contributed by atoms with Gasteiger partial charge in [-0.05, 0) is 42.9 Å². The van der Waals surface area contributed by atoms with Crippen molar-refractivity contribution < 1.29 is 10.2 Å². The molecule has 4 aliphatic rings. The maximum absolute atomic E-state index is 10.2. The third kappa shape index (κ3) is 1.65. The zero-order valence-electron chi connectivity index (χ0n) is 14.2. The van der Waals surface area contributed by atoms with Gasteiger partial charge in [-0.25, -0.2) is 0 Å². The van der Waals surface area contributed by atoms with Crippen LogP contribution in [0.2, 0.25) is 0 Å². The van der Waals surface area contributed by atoms with Crippen LogP contribution in [0.5, 0.6) is 0 Å². The highest BCUT2D eigenvalue weighted by atomic mass is 16.3. The maximum Gasteiger partial charge on any atom is 0.0741 e. The number of aliphatic hydroxyl groups excluding tert-OH is 2. The van der Waals surface area contributed by atoms with E-state index < -0.39 is 6.10 Å². The largest absolute Gasteiger partial charge is 0.396 e. The molecule has 4 heteroatoms. The van der Waals surface area contributed by atoms with Crippen LogP contribution in [0.25, 0.3) is 10.9 Å². The summed E-state index contributed by atoms with van der Waals surface area (Å²) in [5.41, 5.74) is 5.29. The Labute approximate surface area is 142 Å². The van der Waals surface area contributed by atoms with Gasteiger partial charge in [-0.15, -0.1) is 0 Å². The quantitative estimate of drug-likeness (QED) is 0.891. The van der Waals surface area contributed by atoms with E-state index in [1.54, 1.807) is 0 Å². The second-order valence-corrected chi connectivity index (χ2v) is 7.67. The summed E-state index contributed by atoms with van der Waals surface area (Å²) in [7, 11) is 2.17. The predicted molar refractivity (Wildman–Crippen MR) is 93.4 cm³/mol. The number of aliphatic hydroxyl groups is 2. The Hall–Kier alpha value is -1.78. The summed E-state index contributed by atoms with van der Waals surface area (Å²) in [5, 5.41) is 21.6. The number of benzene rings is 1. The van der Waals surface area contributed by atoms with Crippen LogP contribution in [0.1, 0.15) is 30.6 Å². The molecule has 1 aromatic carbocycles. The molecule has 2 N–H and O–H groups in total. The average molecular weight is 324 g/mol. The standard InChI is InChI=1S/C20H24N2O2/c1-11(24)15-9-22-18-8-14-12-5-3-4-6-17(12)21(2)20(14)19(22)7-13(15)16(18)10-23/h3-6,9,11,13,16,18-19,23-24H,7-8,10H2,1-2H3. The number of nitrogens with zero attached hydrogens (tertiary/aromatic N) is 2. The first-order valence-corrected chi connectivity index (χ1v) is 8.96. The van der Waals surface area contributed by atoms with Crippen molar-refractivity contribution in [2.45, 2.75) is 38.0 Å². The third-order valence-corrected chi connectivity index (χ3v) is 6.64. The van der Waals surface area contributed by atoms with Gasteiger partial charge in [0.15, 0.2) is 0 Å². The first-order chi connectivity index (χ1) is 11.6. The number of aryl methyl sites for hydroxylation is 1. The fourth-order valence-corrected chi connectivity index (χ4v) is 5.61. The highest BCUT2D eigenvalue weighted by Crippen LogP contribution is 2.54. The summed E-state index contributed by atoms with van der Waals surface area (Å²) in [6, 6.07) is 9.37. The minimum absolute atomic E-state index is 0.197. The van der Waals surface area contributed by atoms with E-state index in [1.165, 1.54) is 22.2 Å². The van der Waals surface area contributed by atoms with Crippen molar-refractivity contribution in [1.82, 2.24) is 9.47 Å². The minimum Gasteiger partial charge on any atom is -0.396 e. The summed E-state index contributed by atoms with van der Waals surface area (Å²) >= 11 is 0. The Morgan fingerprint density at radius 2 is 2.08 bits per heavy atom. The van der Waals surface area contributed by atoms with Gasteiger partial charge in [-0.1, -0.05) is 18.2 Å². The van der Waals surface area contributed by atoms with Crippen LogP contribution < -0.4 is 0 Å². The normalized spacial score (nSPS) is 32.0. The van der Waals surface area contributed by atoms with Crippen molar-refractivity contribution in [3.8, 4) is 0 Å². The number of aromatic nitrogens is 1. The average Bonchev–Trinajstić information content (AvgIpc) is 2.88. The number of hydrogen-bond donors (Lipinski definition) is 2. The third-order valence-electron chi connectivity index (χ3n) is 6.64. The molecule has 1 saturated heterocycles. The summed E-state index contributed by atoms with van der Waals surface area (Å²) in [6.07, 6.45) is 3.74. The zero-order chi connectivity index (χ0) is 16.6. The molecule has 24 heavy (non-hydrogen) atoms. The number of hydrogen-bond acceptors (Lipinski definition) is 3. The van der Waals surface area contributed by atoms with E-state index in [0.717, 1.165) is 18.4 Å². The molecule has 5 heterocycles. The molecular weight excluding hydrogens is 300 g/mol. The van der Waals surface area contributed by atoms with Gasteiger partial charge in [0, 0.05) is 48.4 Å². The number of fused-ring (bicyclic) bond motifs is 3. The van der Waals surface area contributed by atoms with Gasteiger partial charge in [0.2, 0.25) is 0 Å². The molecule has 0 radical (unpaired) electrons. The molecule has 0 spiro atoms. The first-order valence-electron chi connectivity index (χ1n) is 8.96. The molecule has 4 bridgehead atoms. The van der Waals surface area contributed by atoms with Crippen molar-refractivity contribution in [3.63, 3.8) is 0 Å². The molecule has 5 unspecified atom stereocenters. The van der Waals surface area contributed by atoms with Gasteiger partial charge >= 0.3 is 0 Å². The van der Waals surface area contributed by atoms with Crippen LogP contribution in [-0.2, 0) is 13.5 Å². The number of piperidine rings is 1. The Kier molecular flexibility index (Phi) is 2.95. The molecule has 0 aliphatic carbocycles. The molecule has 0 saturated carbocycles. The van der Waals surface area contributed by atoms with Gasteiger partial charge in [-0.3, -0.25) is 0 Å². The number of para-hydroxylation sites is 1. The zero-order valence-corrected chi connectivity index (χ0v) is 14.2. The molecular formula is C20H24N2O2. The van der Waals surface area contributed by atoms with Crippen LogP contribution in [0, 0.1) is 11.8 Å². The fraction of sp³-hybridized carbons (Fsp3) is 0.500. The first kappa shape index (κ1) is 14.6. The van der Waals surface area contributed by atoms with E-state index in [9.17, 15) is 10.2 Å². The summed E-state index contributed by atoms with van der Waals surface area (Å²) < 4.78 is 2.36. The highest BCUT2D eigenvalue weighted by molar-refractivity contribution is 5.86. The Balaban J connectivity index is 1.72. The van der Waals surface area contributed by atoms with Crippen LogP contribution in [0.15, 0.2) is 36.0 Å². The summed E-state index contributed by atoms with van der Waals surface area (Å²) in [6.45, 7) is 2.04. The molecule has 4 nitrogen and oxygen atoms in total. The lowest BCUT2D eigenvalue weighted by molar-refractivity contribution is -0.0223. The van der Waals surface area contributed by atoms with Gasteiger partial charge in [0.05, 0.1) is 12.1 Å². The van der Waals surface area contributed by atoms with Gasteiger partial charge in [-0.2, -0.15) is 0 Å². The molecule has 6 rings (SSSR count). The highest BCUT2D eigenvalue weighted by Gasteiger charge is 2.52. The van der Waals surface area contributed by atoms with E-state index in [2.05, 4.69) is 47.0 Å². The molecule has 0 amide bonds. The maximum atomic E-state index is 10.2. The van der Waals surface area contributed by atoms with Gasteiger partial charge in [0.1, 0.15) is 0 Å². The van der Waals surface area contributed by atoms with Crippen LogP contribution in [0.4, 0.5) is 0 Å². The Bertz CT molecular complexity index is 851. The summed E-state index contributed by atoms with van der Waals surface area (Å²) in [5.74, 6) is 0.518. The molecule has 126 valence electrons. The topological polar surface area (TPSA) is 48.6 Å². The van der Waals surface area contributed by atoms with Crippen molar-refractivity contribution in [3.05, 3.63) is 47.3 Å². The fourth-order valence-electron chi connectivity index (χ4n) is 5.61. The lowest BCUT2D eigenvalue weighted by atomic mass is 9.65. The van der Waals surface area contributed by atoms with E-state index in [1.807, 2.05) is 6.92 Å². The van der Waals surface area contributed by atoms with Gasteiger partial charge in [0.25, 0.3) is 0 Å². The van der Waals surface area contributed by atoms with Crippen LogP contribution >= 0.6 is 0 Å². The molecule has 2 aromatic rings. The summed E-state index contributed by atoms with van der Waals surface area (Å²) in [4.78, 5) is 2.43. The Morgan fingerprint density at radius 3 is 2.83 bits per heavy atom. The van der Waals surface area contributed by atoms with Crippen LogP contribution in [-0.4, -0.2) is 38.4 Å². The van der Waals surface area contributed by atoms with Crippen molar-refractivity contribution in [2.75, 3.05) is 6.61 Å².